The Morgan fingerprint density at radius 2 is 1.92 bits per heavy atom. The van der Waals surface area contributed by atoms with Gasteiger partial charge in [-0.15, -0.1) is 0 Å². The summed E-state index contributed by atoms with van der Waals surface area (Å²) in [6.07, 6.45) is 0. The Balaban J connectivity index is 2.00. The Morgan fingerprint density at radius 1 is 1.21 bits per heavy atom. The molecule has 0 spiro atoms. The lowest BCUT2D eigenvalue weighted by atomic mass is 10.2. The molecule has 0 aromatic heterocycles. The summed E-state index contributed by atoms with van der Waals surface area (Å²) in [7, 11) is 1.48. The van der Waals surface area contributed by atoms with Crippen molar-refractivity contribution in [2.75, 3.05) is 24.8 Å². The fraction of sp³-hybridized carbons (Fsp3) is 0.125. The Labute approximate surface area is 148 Å². The van der Waals surface area contributed by atoms with Gasteiger partial charge in [0, 0.05) is 5.02 Å². The van der Waals surface area contributed by atoms with Crippen LogP contribution in [-0.4, -0.2) is 25.6 Å². The molecular weight excluding hydrogens is 355 g/mol. The summed E-state index contributed by atoms with van der Waals surface area (Å²) in [5.74, 6) is -0.838. The summed E-state index contributed by atoms with van der Waals surface area (Å²) in [4.78, 5) is 23.9. The van der Waals surface area contributed by atoms with Gasteiger partial charge in [0.05, 0.1) is 29.1 Å². The number of halogens is 2. The molecule has 0 aliphatic rings. The van der Waals surface area contributed by atoms with Crippen molar-refractivity contribution in [2.45, 2.75) is 0 Å². The van der Waals surface area contributed by atoms with Gasteiger partial charge in [0.25, 0.3) is 5.91 Å². The number of hydrogen-bond donors (Lipinski definition) is 2. The van der Waals surface area contributed by atoms with E-state index < -0.39 is 18.5 Å². The van der Waals surface area contributed by atoms with Crippen molar-refractivity contribution in [3.8, 4) is 5.75 Å². The first-order valence-electron chi connectivity index (χ1n) is 6.77. The summed E-state index contributed by atoms with van der Waals surface area (Å²) >= 11 is 11.7. The van der Waals surface area contributed by atoms with E-state index in [0.717, 1.165) is 0 Å². The minimum Gasteiger partial charge on any atom is -0.495 e. The summed E-state index contributed by atoms with van der Waals surface area (Å²) in [5, 5.41) is 2.95. The van der Waals surface area contributed by atoms with Crippen molar-refractivity contribution in [3.63, 3.8) is 0 Å². The number of ether oxygens (including phenoxy) is 2. The molecule has 0 aliphatic heterocycles. The Morgan fingerprint density at radius 3 is 2.62 bits per heavy atom. The van der Waals surface area contributed by atoms with Gasteiger partial charge < -0.3 is 20.5 Å². The molecule has 2 aromatic carbocycles. The van der Waals surface area contributed by atoms with Crippen LogP contribution in [0.25, 0.3) is 0 Å². The first kappa shape index (κ1) is 17.9. The maximum Gasteiger partial charge on any atom is 0.340 e. The van der Waals surface area contributed by atoms with Crippen LogP contribution in [0.3, 0.4) is 0 Å². The standard InChI is InChI=1S/C16H14Cl2N2O4/c1-23-13-5-3-2-4-12(13)20-14(21)8-24-16(22)10-6-9(17)7-11(18)15(10)19/h2-7H,8,19H2,1H3,(H,20,21). The molecule has 2 aromatic rings. The van der Waals surface area contributed by atoms with Crippen molar-refractivity contribution >= 4 is 46.5 Å². The highest BCUT2D eigenvalue weighted by Crippen LogP contribution is 2.28. The molecule has 0 heterocycles. The van der Waals surface area contributed by atoms with Crippen LogP contribution in [0.15, 0.2) is 36.4 Å². The number of nitrogen functional groups attached to an aromatic ring is 1. The normalized spacial score (nSPS) is 10.1. The zero-order valence-corrected chi connectivity index (χ0v) is 14.1. The van der Waals surface area contributed by atoms with E-state index in [4.69, 9.17) is 38.4 Å². The number of hydrogen-bond acceptors (Lipinski definition) is 5. The van der Waals surface area contributed by atoms with Crippen molar-refractivity contribution in [1.82, 2.24) is 0 Å². The van der Waals surface area contributed by atoms with Gasteiger partial charge >= 0.3 is 5.97 Å². The monoisotopic (exact) mass is 368 g/mol. The lowest BCUT2D eigenvalue weighted by Gasteiger charge is -2.11. The third-order valence-corrected chi connectivity index (χ3v) is 3.56. The Kier molecular flexibility index (Phi) is 5.89. The van der Waals surface area contributed by atoms with Gasteiger partial charge in [-0.1, -0.05) is 35.3 Å². The van der Waals surface area contributed by atoms with Crippen LogP contribution in [0.4, 0.5) is 11.4 Å². The second-order valence-corrected chi connectivity index (χ2v) is 5.52. The molecule has 0 bridgehead atoms. The van der Waals surface area contributed by atoms with Crippen LogP contribution in [0.2, 0.25) is 10.0 Å². The van der Waals surface area contributed by atoms with Gasteiger partial charge in [-0.25, -0.2) is 4.79 Å². The summed E-state index contributed by atoms with van der Waals surface area (Å²) in [5.41, 5.74) is 6.21. The van der Waals surface area contributed by atoms with Crippen LogP contribution in [-0.2, 0) is 9.53 Å². The molecule has 0 radical (unpaired) electrons. The highest BCUT2D eigenvalue weighted by Gasteiger charge is 2.17. The van der Waals surface area contributed by atoms with E-state index in [9.17, 15) is 9.59 Å². The van der Waals surface area contributed by atoms with E-state index in [1.165, 1.54) is 19.2 Å². The third-order valence-electron chi connectivity index (χ3n) is 3.03. The fourth-order valence-corrected chi connectivity index (χ4v) is 2.39. The van der Waals surface area contributed by atoms with Gasteiger partial charge in [-0.2, -0.15) is 0 Å². The van der Waals surface area contributed by atoms with Crippen molar-refractivity contribution in [1.29, 1.82) is 0 Å². The molecule has 0 atom stereocenters. The third kappa shape index (κ3) is 4.31. The van der Waals surface area contributed by atoms with Crippen LogP contribution in [0, 0.1) is 0 Å². The number of para-hydroxylation sites is 2. The predicted molar refractivity (Wildman–Crippen MR) is 92.8 cm³/mol. The highest BCUT2D eigenvalue weighted by atomic mass is 35.5. The zero-order chi connectivity index (χ0) is 17.7. The largest absolute Gasteiger partial charge is 0.495 e. The van der Waals surface area contributed by atoms with Crippen LogP contribution >= 0.6 is 23.2 Å². The number of amides is 1. The first-order chi connectivity index (χ1) is 11.4. The molecule has 0 fully saturated rings. The Hall–Kier alpha value is -2.44. The number of methoxy groups -OCH3 is 1. The second-order valence-electron chi connectivity index (χ2n) is 4.67. The lowest BCUT2D eigenvalue weighted by molar-refractivity contribution is -0.119. The van der Waals surface area contributed by atoms with Crippen molar-refractivity contribution < 1.29 is 19.1 Å². The van der Waals surface area contributed by atoms with Crippen LogP contribution in [0.1, 0.15) is 10.4 Å². The van der Waals surface area contributed by atoms with E-state index >= 15 is 0 Å². The molecule has 6 nitrogen and oxygen atoms in total. The molecule has 0 saturated heterocycles. The smallest absolute Gasteiger partial charge is 0.340 e. The quantitative estimate of drug-likeness (QED) is 0.623. The fourth-order valence-electron chi connectivity index (χ4n) is 1.90. The average Bonchev–Trinajstić information content (AvgIpc) is 2.56. The molecule has 126 valence electrons. The topological polar surface area (TPSA) is 90.6 Å². The summed E-state index contributed by atoms with van der Waals surface area (Å²) in [6, 6.07) is 9.58. The minimum atomic E-state index is -0.799. The van der Waals surface area contributed by atoms with Gasteiger partial charge in [-0.05, 0) is 24.3 Å². The molecule has 24 heavy (non-hydrogen) atoms. The number of carbonyl (C=O) groups is 2. The van der Waals surface area contributed by atoms with E-state index in [1.807, 2.05) is 0 Å². The minimum absolute atomic E-state index is 0.00223. The van der Waals surface area contributed by atoms with Crippen LogP contribution in [0.5, 0.6) is 5.75 Å². The molecule has 8 heteroatoms. The van der Waals surface area contributed by atoms with E-state index in [0.29, 0.717) is 11.4 Å². The molecule has 0 unspecified atom stereocenters. The maximum absolute atomic E-state index is 12.0. The van der Waals surface area contributed by atoms with Gasteiger partial charge in [0.2, 0.25) is 0 Å². The van der Waals surface area contributed by atoms with Gasteiger partial charge in [0.15, 0.2) is 6.61 Å². The predicted octanol–water partition coefficient (Wildman–Crippen LogP) is 3.38. The van der Waals surface area contributed by atoms with E-state index in [-0.39, 0.29) is 21.3 Å². The van der Waals surface area contributed by atoms with Crippen molar-refractivity contribution in [3.05, 3.63) is 52.0 Å². The summed E-state index contributed by atoms with van der Waals surface area (Å²) in [6.45, 7) is -0.500. The molecule has 0 aliphatic carbocycles. The first-order valence-corrected chi connectivity index (χ1v) is 7.52. The number of anilines is 2. The second kappa shape index (κ2) is 7.90. The Bertz CT molecular complexity index is 781. The van der Waals surface area contributed by atoms with Crippen molar-refractivity contribution in [2.24, 2.45) is 0 Å². The molecule has 3 N–H and O–H groups in total. The number of nitrogens with one attached hydrogen (secondary N) is 1. The number of nitrogens with two attached hydrogens (primary N) is 1. The zero-order valence-electron chi connectivity index (χ0n) is 12.6. The number of rotatable bonds is 5. The maximum atomic E-state index is 12.0. The highest BCUT2D eigenvalue weighted by molar-refractivity contribution is 6.37. The molecular formula is C16H14Cl2N2O4. The lowest BCUT2D eigenvalue weighted by Crippen LogP contribution is -2.21. The molecule has 0 saturated carbocycles. The SMILES string of the molecule is COc1ccccc1NC(=O)COC(=O)c1cc(Cl)cc(Cl)c1N. The van der Waals surface area contributed by atoms with E-state index in [1.54, 1.807) is 24.3 Å². The average molecular weight is 369 g/mol. The molecule has 1 amide bonds. The molecule has 2 rings (SSSR count). The number of carbonyl (C=O) groups excluding carboxylic acids is 2. The summed E-state index contributed by atoms with van der Waals surface area (Å²) < 4.78 is 10.1. The van der Waals surface area contributed by atoms with Crippen LogP contribution < -0.4 is 15.8 Å². The van der Waals surface area contributed by atoms with Gasteiger partial charge in [-0.3, -0.25) is 4.79 Å². The number of esters is 1. The van der Waals surface area contributed by atoms with E-state index in [2.05, 4.69) is 5.32 Å². The van der Waals surface area contributed by atoms with Gasteiger partial charge in [0.1, 0.15) is 5.75 Å². The number of benzene rings is 2.